The number of aromatic hydroxyl groups is 1. The number of nitrogens with one attached hydrogen (secondary N) is 2. The van der Waals surface area contributed by atoms with Crippen molar-refractivity contribution in [3.63, 3.8) is 0 Å². The molecule has 1 aromatic carbocycles. The van der Waals surface area contributed by atoms with Crippen LogP contribution in [0.5, 0.6) is 5.75 Å². The van der Waals surface area contributed by atoms with Crippen molar-refractivity contribution >= 4 is 11.8 Å². The van der Waals surface area contributed by atoms with Crippen molar-refractivity contribution in [3.05, 3.63) is 29.3 Å². The van der Waals surface area contributed by atoms with E-state index in [0.29, 0.717) is 12.8 Å². The minimum Gasteiger partial charge on any atom is -0.506 e. The lowest BCUT2D eigenvalue weighted by Crippen LogP contribution is -2.35. The van der Waals surface area contributed by atoms with E-state index >= 15 is 0 Å². The SMILES string of the molecule is CC[C@H](CC#N)NC(=O)c1cccc(C(=O)N[C@@H](CC)CC#N)c1O. The summed E-state index contributed by atoms with van der Waals surface area (Å²) in [5.74, 6) is -1.51. The molecule has 0 bridgehead atoms. The van der Waals surface area contributed by atoms with Gasteiger partial charge in [0.05, 0.1) is 36.1 Å². The molecular weight excluding hydrogens is 320 g/mol. The molecule has 1 rings (SSSR count). The summed E-state index contributed by atoms with van der Waals surface area (Å²) < 4.78 is 0. The van der Waals surface area contributed by atoms with E-state index in [4.69, 9.17) is 10.5 Å². The van der Waals surface area contributed by atoms with Crippen LogP contribution < -0.4 is 10.6 Å². The van der Waals surface area contributed by atoms with Crippen LogP contribution in [0.3, 0.4) is 0 Å². The van der Waals surface area contributed by atoms with Crippen LogP contribution in [0.15, 0.2) is 18.2 Å². The van der Waals surface area contributed by atoms with Gasteiger partial charge in [-0.2, -0.15) is 10.5 Å². The fraction of sp³-hybridized carbons (Fsp3) is 0.444. The van der Waals surface area contributed by atoms with Gasteiger partial charge in [0, 0.05) is 12.1 Å². The maximum atomic E-state index is 12.3. The summed E-state index contributed by atoms with van der Waals surface area (Å²) in [4.78, 5) is 24.6. The topological polar surface area (TPSA) is 126 Å². The Hall–Kier alpha value is -3.06. The van der Waals surface area contributed by atoms with Crippen LogP contribution in [-0.2, 0) is 0 Å². The van der Waals surface area contributed by atoms with Gasteiger partial charge in [0.15, 0.2) is 0 Å². The molecule has 2 amide bonds. The number of nitriles is 2. The molecule has 0 heterocycles. The second kappa shape index (κ2) is 9.94. The molecule has 25 heavy (non-hydrogen) atoms. The second-order valence-corrected chi connectivity index (χ2v) is 5.58. The molecule has 0 aliphatic carbocycles. The molecule has 132 valence electrons. The third-order valence-corrected chi connectivity index (χ3v) is 3.86. The Kier molecular flexibility index (Phi) is 7.95. The van der Waals surface area contributed by atoms with Crippen LogP contribution in [-0.4, -0.2) is 29.0 Å². The molecule has 0 saturated carbocycles. The van der Waals surface area contributed by atoms with Crippen molar-refractivity contribution in [2.45, 2.75) is 51.6 Å². The van der Waals surface area contributed by atoms with E-state index in [1.807, 2.05) is 26.0 Å². The summed E-state index contributed by atoms with van der Waals surface area (Å²) in [6, 6.07) is 7.65. The van der Waals surface area contributed by atoms with Gasteiger partial charge in [-0.1, -0.05) is 19.9 Å². The molecule has 2 atom stereocenters. The minimum atomic E-state index is -0.543. The van der Waals surface area contributed by atoms with Crippen LogP contribution in [0.4, 0.5) is 0 Å². The first kappa shape index (κ1) is 20.0. The van der Waals surface area contributed by atoms with Crippen molar-refractivity contribution in [2.75, 3.05) is 0 Å². The van der Waals surface area contributed by atoms with Crippen LogP contribution in [0.1, 0.15) is 60.2 Å². The predicted molar refractivity (Wildman–Crippen MR) is 91.7 cm³/mol. The summed E-state index contributed by atoms with van der Waals surface area (Å²) in [7, 11) is 0. The number of amides is 2. The predicted octanol–water partition coefficient (Wildman–Crippen LogP) is 2.24. The Bertz CT molecular complexity index is 647. The molecule has 3 N–H and O–H groups in total. The highest BCUT2D eigenvalue weighted by atomic mass is 16.3. The van der Waals surface area contributed by atoms with Crippen molar-refractivity contribution in [1.82, 2.24) is 10.6 Å². The number of hydrogen-bond acceptors (Lipinski definition) is 5. The number of benzene rings is 1. The standard InChI is InChI=1S/C18H22N4O3/c1-3-12(8-10-19)21-17(24)14-6-5-7-15(16(14)23)18(25)22-13(4-2)9-11-20/h5-7,12-13,23H,3-4,8-9H2,1-2H3,(H,21,24)(H,22,25)/t12-,13+. The molecule has 7 heteroatoms. The molecule has 0 aromatic heterocycles. The highest BCUT2D eigenvalue weighted by Crippen LogP contribution is 2.23. The van der Waals surface area contributed by atoms with E-state index in [9.17, 15) is 14.7 Å². The monoisotopic (exact) mass is 342 g/mol. The van der Waals surface area contributed by atoms with Crippen molar-refractivity contribution in [1.29, 1.82) is 10.5 Å². The van der Waals surface area contributed by atoms with Crippen LogP contribution in [0.25, 0.3) is 0 Å². The van der Waals surface area contributed by atoms with E-state index in [0.717, 1.165) is 0 Å². The van der Waals surface area contributed by atoms with Gasteiger partial charge in [-0.15, -0.1) is 0 Å². The Morgan fingerprint density at radius 3 is 1.72 bits per heavy atom. The molecule has 0 unspecified atom stereocenters. The van der Waals surface area contributed by atoms with E-state index in [1.165, 1.54) is 18.2 Å². The Morgan fingerprint density at radius 2 is 1.40 bits per heavy atom. The first-order chi connectivity index (χ1) is 12.0. The number of phenols is 1. The number of carbonyl (C=O) groups is 2. The Labute approximate surface area is 147 Å². The Morgan fingerprint density at radius 1 is 1.00 bits per heavy atom. The third kappa shape index (κ3) is 5.50. The average molecular weight is 342 g/mol. The number of nitrogens with zero attached hydrogens (tertiary/aromatic N) is 2. The lowest BCUT2D eigenvalue weighted by molar-refractivity contribution is 0.0932. The van der Waals surface area contributed by atoms with E-state index in [-0.39, 0.29) is 36.1 Å². The van der Waals surface area contributed by atoms with Gasteiger partial charge in [-0.25, -0.2) is 0 Å². The quantitative estimate of drug-likeness (QED) is 0.668. The highest BCUT2D eigenvalue weighted by molar-refractivity contribution is 6.04. The summed E-state index contributed by atoms with van der Waals surface area (Å²) in [6.07, 6.45) is 1.48. The van der Waals surface area contributed by atoms with Gasteiger partial charge in [0.25, 0.3) is 11.8 Å². The zero-order valence-corrected chi connectivity index (χ0v) is 14.4. The smallest absolute Gasteiger partial charge is 0.255 e. The van der Waals surface area contributed by atoms with Gasteiger partial charge < -0.3 is 15.7 Å². The Balaban J connectivity index is 2.98. The van der Waals surface area contributed by atoms with Crippen molar-refractivity contribution < 1.29 is 14.7 Å². The normalized spacial score (nSPS) is 12.3. The number of rotatable bonds is 8. The molecule has 1 aromatic rings. The lowest BCUT2D eigenvalue weighted by Gasteiger charge is -2.17. The first-order valence-corrected chi connectivity index (χ1v) is 8.15. The summed E-state index contributed by atoms with van der Waals surface area (Å²) in [5.41, 5.74) is -0.0604. The number of para-hydroxylation sites is 1. The molecular formula is C18H22N4O3. The summed E-state index contributed by atoms with van der Waals surface area (Å²) >= 11 is 0. The molecule has 0 saturated heterocycles. The maximum Gasteiger partial charge on any atom is 0.255 e. The van der Waals surface area contributed by atoms with Gasteiger partial charge in [0.2, 0.25) is 0 Å². The first-order valence-electron chi connectivity index (χ1n) is 8.15. The number of carbonyl (C=O) groups excluding carboxylic acids is 2. The molecule has 7 nitrogen and oxygen atoms in total. The van der Waals surface area contributed by atoms with Crippen LogP contribution in [0.2, 0.25) is 0 Å². The van der Waals surface area contributed by atoms with E-state index < -0.39 is 17.6 Å². The third-order valence-electron chi connectivity index (χ3n) is 3.86. The van der Waals surface area contributed by atoms with Gasteiger partial charge in [-0.05, 0) is 25.0 Å². The molecule has 0 spiro atoms. The zero-order valence-electron chi connectivity index (χ0n) is 14.4. The van der Waals surface area contributed by atoms with Gasteiger partial charge in [-0.3, -0.25) is 9.59 Å². The lowest BCUT2D eigenvalue weighted by atomic mass is 10.0. The fourth-order valence-corrected chi connectivity index (χ4v) is 2.25. The van der Waals surface area contributed by atoms with Crippen molar-refractivity contribution in [2.24, 2.45) is 0 Å². The van der Waals surface area contributed by atoms with Gasteiger partial charge >= 0.3 is 0 Å². The molecule has 0 radical (unpaired) electrons. The number of hydrogen-bond donors (Lipinski definition) is 3. The second-order valence-electron chi connectivity index (χ2n) is 5.58. The zero-order chi connectivity index (χ0) is 18.8. The largest absolute Gasteiger partial charge is 0.506 e. The molecule has 0 fully saturated rings. The van der Waals surface area contributed by atoms with Crippen molar-refractivity contribution in [3.8, 4) is 17.9 Å². The summed E-state index contributed by atoms with van der Waals surface area (Å²) in [5, 5.41) is 33.1. The fourth-order valence-electron chi connectivity index (χ4n) is 2.25. The molecule has 0 aliphatic heterocycles. The molecule has 0 aliphatic rings. The minimum absolute atomic E-state index is 0.0302. The average Bonchev–Trinajstić information content (AvgIpc) is 2.60. The van der Waals surface area contributed by atoms with Crippen LogP contribution in [0, 0.1) is 22.7 Å². The summed E-state index contributed by atoms with van der Waals surface area (Å²) in [6.45, 7) is 3.68. The van der Waals surface area contributed by atoms with Crippen LogP contribution >= 0.6 is 0 Å². The van der Waals surface area contributed by atoms with E-state index in [1.54, 1.807) is 0 Å². The van der Waals surface area contributed by atoms with E-state index in [2.05, 4.69) is 10.6 Å². The highest BCUT2D eigenvalue weighted by Gasteiger charge is 2.21. The number of phenolic OH excluding ortho intramolecular Hbond substituents is 1. The maximum absolute atomic E-state index is 12.3. The van der Waals surface area contributed by atoms with Gasteiger partial charge in [0.1, 0.15) is 5.75 Å².